The van der Waals surface area contributed by atoms with Crippen molar-refractivity contribution in [3.63, 3.8) is 0 Å². The molecule has 1 aromatic rings. The molecule has 7 nitrogen and oxygen atoms in total. The van der Waals surface area contributed by atoms with Crippen LogP contribution in [0.5, 0.6) is 5.75 Å². The lowest BCUT2D eigenvalue weighted by Crippen LogP contribution is -2.44. The third kappa shape index (κ3) is 4.33. The van der Waals surface area contributed by atoms with Crippen LogP contribution in [0.2, 0.25) is 0 Å². The average molecular weight is 359 g/mol. The van der Waals surface area contributed by atoms with Gasteiger partial charge in [-0.1, -0.05) is 0 Å². The summed E-state index contributed by atoms with van der Waals surface area (Å²) in [7, 11) is 1.53. The number of piperidine rings is 1. The number of nitrogens with zero attached hydrogens (tertiary/aromatic N) is 1. The van der Waals surface area contributed by atoms with Crippen LogP contribution in [0.4, 0.5) is 11.4 Å². The van der Waals surface area contributed by atoms with E-state index in [0.29, 0.717) is 23.7 Å². The third-order valence-electron chi connectivity index (χ3n) is 4.81. The molecule has 1 aliphatic carbocycles. The Morgan fingerprint density at radius 1 is 1.12 bits per heavy atom. The quantitative estimate of drug-likeness (QED) is 0.844. The molecule has 1 atom stereocenters. The van der Waals surface area contributed by atoms with Crippen LogP contribution in [0.25, 0.3) is 0 Å². The van der Waals surface area contributed by atoms with E-state index >= 15 is 0 Å². The number of benzene rings is 1. The van der Waals surface area contributed by atoms with Crippen LogP contribution in [0.3, 0.4) is 0 Å². The van der Waals surface area contributed by atoms with Crippen LogP contribution in [-0.2, 0) is 14.4 Å². The van der Waals surface area contributed by atoms with Gasteiger partial charge >= 0.3 is 0 Å². The van der Waals surface area contributed by atoms with Crippen molar-refractivity contribution in [3.8, 4) is 5.75 Å². The first-order valence-electron chi connectivity index (χ1n) is 9.03. The normalized spacial score (nSPS) is 19.6. The van der Waals surface area contributed by atoms with E-state index in [9.17, 15) is 14.4 Å². The molecule has 7 heteroatoms. The average Bonchev–Trinajstić information content (AvgIpc) is 3.46. The molecule has 1 unspecified atom stereocenters. The minimum Gasteiger partial charge on any atom is -0.495 e. The summed E-state index contributed by atoms with van der Waals surface area (Å²) < 4.78 is 5.30. The van der Waals surface area contributed by atoms with Gasteiger partial charge in [0.1, 0.15) is 5.75 Å². The maximum atomic E-state index is 12.7. The first-order valence-corrected chi connectivity index (χ1v) is 9.03. The lowest BCUT2D eigenvalue weighted by molar-refractivity contribution is -0.135. The highest BCUT2D eigenvalue weighted by Crippen LogP contribution is 2.33. The maximum absolute atomic E-state index is 12.7. The Balaban J connectivity index is 1.68. The number of hydrogen-bond acceptors (Lipinski definition) is 4. The molecular formula is C19H25N3O4. The van der Waals surface area contributed by atoms with Crippen LogP contribution < -0.4 is 15.4 Å². The number of hydrogen-bond donors (Lipinski definition) is 2. The van der Waals surface area contributed by atoms with E-state index in [1.54, 1.807) is 18.2 Å². The Bertz CT molecular complexity index is 715. The van der Waals surface area contributed by atoms with Crippen molar-refractivity contribution in [2.24, 2.45) is 11.8 Å². The van der Waals surface area contributed by atoms with E-state index in [1.807, 2.05) is 4.90 Å². The molecule has 3 amide bonds. The van der Waals surface area contributed by atoms with Gasteiger partial charge in [0.25, 0.3) is 0 Å². The molecule has 1 saturated heterocycles. The van der Waals surface area contributed by atoms with Crippen molar-refractivity contribution in [2.75, 3.05) is 30.8 Å². The Hall–Kier alpha value is -2.57. The molecule has 2 N–H and O–H groups in total. The highest BCUT2D eigenvalue weighted by Gasteiger charge is 2.36. The second-order valence-electron chi connectivity index (χ2n) is 6.98. The molecule has 1 heterocycles. The van der Waals surface area contributed by atoms with Crippen LogP contribution in [0.15, 0.2) is 18.2 Å². The number of carbonyl (C=O) groups is 3. The fourth-order valence-corrected chi connectivity index (χ4v) is 3.30. The number of anilines is 2. The summed E-state index contributed by atoms with van der Waals surface area (Å²) in [6, 6.07) is 5.09. The molecule has 1 aliphatic heterocycles. The molecule has 2 aliphatic rings. The van der Waals surface area contributed by atoms with E-state index < -0.39 is 0 Å². The molecule has 1 aromatic carbocycles. The summed E-state index contributed by atoms with van der Waals surface area (Å²) in [6.07, 6.45) is 3.53. The number of carbonyl (C=O) groups excluding carboxylic acids is 3. The summed E-state index contributed by atoms with van der Waals surface area (Å²) in [5, 5.41) is 5.59. The first-order chi connectivity index (χ1) is 12.5. The lowest BCUT2D eigenvalue weighted by Gasteiger charge is -2.32. The third-order valence-corrected chi connectivity index (χ3v) is 4.81. The topological polar surface area (TPSA) is 87.7 Å². The summed E-state index contributed by atoms with van der Waals surface area (Å²) in [5.41, 5.74) is 1.09. The zero-order valence-electron chi connectivity index (χ0n) is 15.2. The smallest absolute Gasteiger partial charge is 0.229 e. The zero-order chi connectivity index (χ0) is 18.7. The van der Waals surface area contributed by atoms with Gasteiger partial charge in [0.05, 0.1) is 18.7 Å². The minimum atomic E-state index is -0.236. The molecule has 1 saturated carbocycles. The van der Waals surface area contributed by atoms with Gasteiger partial charge < -0.3 is 20.3 Å². The lowest BCUT2D eigenvalue weighted by atomic mass is 9.96. The van der Waals surface area contributed by atoms with Gasteiger partial charge in [0.2, 0.25) is 17.7 Å². The van der Waals surface area contributed by atoms with Gasteiger partial charge in [-0.15, -0.1) is 0 Å². The Morgan fingerprint density at radius 3 is 2.54 bits per heavy atom. The highest BCUT2D eigenvalue weighted by molar-refractivity contribution is 5.96. The van der Waals surface area contributed by atoms with Crippen molar-refractivity contribution >= 4 is 29.1 Å². The Morgan fingerprint density at radius 2 is 1.88 bits per heavy atom. The second kappa shape index (κ2) is 7.76. The monoisotopic (exact) mass is 359 g/mol. The molecule has 2 fully saturated rings. The van der Waals surface area contributed by atoms with Crippen molar-refractivity contribution in [1.82, 2.24) is 4.90 Å². The first kappa shape index (κ1) is 18.2. The second-order valence-corrected chi connectivity index (χ2v) is 6.98. The minimum absolute atomic E-state index is 0.128. The van der Waals surface area contributed by atoms with Crippen molar-refractivity contribution < 1.29 is 19.1 Å². The predicted molar refractivity (Wildman–Crippen MR) is 98.0 cm³/mol. The SMILES string of the molecule is COc1ccc(NC(C)=O)cc1NC(=O)C1CCCN(C(=O)C2CC2)C1. The summed E-state index contributed by atoms with van der Waals surface area (Å²) >= 11 is 0. The number of methoxy groups -OCH3 is 1. The molecule has 0 aromatic heterocycles. The molecule has 140 valence electrons. The van der Waals surface area contributed by atoms with Crippen molar-refractivity contribution in [3.05, 3.63) is 18.2 Å². The molecular weight excluding hydrogens is 334 g/mol. The highest BCUT2D eigenvalue weighted by atomic mass is 16.5. The molecule has 0 radical (unpaired) electrons. The molecule has 3 rings (SSSR count). The Labute approximate surface area is 153 Å². The number of amides is 3. The van der Waals surface area contributed by atoms with Crippen LogP contribution in [0.1, 0.15) is 32.6 Å². The van der Waals surface area contributed by atoms with Gasteiger partial charge in [-0.25, -0.2) is 0 Å². The number of ether oxygens (including phenoxy) is 1. The fraction of sp³-hybridized carbons (Fsp3) is 0.526. The number of nitrogens with one attached hydrogen (secondary N) is 2. The van der Waals surface area contributed by atoms with E-state index in [0.717, 1.165) is 32.2 Å². The summed E-state index contributed by atoms with van der Waals surface area (Å²) in [5.74, 6) is 0.333. The largest absolute Gasteiger partial charge is 0.495 e. The van der Waals surface area contributed by atoms with Crippen LogP contribution in [0, 0.1) is 11.8 Å². The number of rotatable bonds is 5. The van der Waals surface area contributed by atoms with Crippen LogP contribution >= 0.6 is 0 Å². The summed E-state index contributed by atoms with van der Waals surface area (Å²) in [4.78, 5) is 38.1. The molecule has 0 bridgehead atoms. The van der Waals surface area contributed by atoms with Crippen molar-refractivity contribution in [1.29, 1.82) is 0 Å². The van der Waals surface area contributed by atoms with E-state index in [2.05, 4.69) is 10.6 Å². The van der Waals surface area contributed by atoms with Gasteiger partial charge in [-0.3, -0.25) is 14.4 Å². The maximum Gasteiger partial charge on any atom is 0.229 e. The predicted octanol–water partition coefficient (Wildman–Crippen LogP) is 2.24. The van der Waals surface area contributed by atoms with Gasteiger partial charge in [-0.05, 0) is 43.9 Å². The number of likely N-dealkylation sites (tertiary alicyclic amines) is 1. The van der Waals surface area contributed by atoms with Gasteiger partial charge in [0.15, 0.2) is 0 Å². The summed E-state index contributed by atoms with van der Waals surface area (Å²) in [6.45, 7) is 2.63. The fourth-order valence-electron chi connectivity index (χ4n) is 3.30. The molecule has 0 spiro atoms. The van der Waals surface area contributed by atoms with E-state index in [1.165, 1.54) is 14.0 Å². The van der Waals surface area contributed by atoms with E-state index in [-0.39, 0.29) is 29.6 Å². The molecule has 26 heavy (non-hydrogen) atoms. The van der Waals surface area contributed by atoms with Crippen LogP contribution in [-0.4, -0.2) is 42.8 Å². The van der Waals surface area contributed by atoms with E-state index in [4.69, 9.17) is 4.74 Å². The van der Waals surface area contributed by atoms with Gasteiger partial charge in [-0.2, -0.15) is 0 Å². The zero-order valence-corrected chi connectivity index (χ0v) is 15.2. The standard InChI is InChI=1S/C19H25N3O4/c1-12(23)20-15-7-8-17(26-2)16(10-15)21-18(24)14-4-3-9-22(11-14)19(25)13-5-6-13/h7-8,10,13-14H,3-6,9,11H2,1-2H3,(H,20,23)(H,21,24). The van der Waals surface area contributed by atoms with Gasteiger partial charge in [0, 0.05) is 31.6 Å². The van der Waals surface area contributed by atoms with Crippen molar-refractivity contribution in [2.45, 2.75) is 32.6 Å². The Kier molecular flexibility index (Phi) is 5.44.